The lowest BCUT2D eigenvalue weighted by Crippen LogP contribution is -2.36. The third-order valence-corrected chi connectivity index (χ3v) is 4.83. The summed E-state index contributed by atoms with van der Waals surface area (Å²) in [5, 5.41) is 11.5. The summed E-state index contributed by atoms with van der Waals surface area (Å²) < 4.78 is 15.7. The maximum Gasteiger partial charge on any atom is 0.329 e. The van der Waals surface area contributed by atoms with Crippen LogP contribution in [0.2, 0.25) is 0 Å². The first-order valence-electron chi connectivity index (χ1n) is 9.51. The molecule has 2 aromatic carbocycles. The highest BCUT2D eigenvalue weighted by molar-refractivity contribution is 6.00. The number of hydrogen-bond acceptors (Lipinski definition) is 3. The van der Waals surface area contributed by atoms with Gasteiger partial charge in [-0.15, -0.1) is 10.2 Å². The van der Waals surface area contributed by atoms with E-state index in [-0.39, 0.29) is 18.4 Å². The number of anilines is 2. The van der Waals surface area contributed by atoms with Crippen molar-refractivity contribution in [3.63, 3.8) is 0 Å². The van der Waals surface area contributed by atoms with Crippen LogP contribution in [0.4, 0.5) is 20.8 Å². The van der Waals surface area contributed by atoms with E-state index in [0.29, 0.717) is 17.2 Å². The molecule has 2 heterocycles. The number of urea groups is 1. The maximum absolute atomic E-state index is 13.7. The number of hydrogen-bond donors (Lipinski definition) is 1. The molecule has 0 unspecified atom stereocenters. The van der Waals surface area contributed by atoms with Gasteiger partial charge in [0.25, 0.3) is 0 Å². The van der Waals surface area contributed by atoms with E-state index in [9.17, 15) is 9.18 Å². The van der Waals surface area contributed by atoms with Gasteiger partial charge in [-0.2, -0.15) is 0 Å². The molecule has 0 atom stereocenters. The molecule has 0 saturated heterocycles. The summed E-state index contributed by atoms with van der Waals surface area (Å²) in [7, 11) is 0. The van der Waals surface area contributed by atoms with Crippen LogP contribution < -0.4 is 10.2 Å². The monoisotopic (exact) mass is 379 g/mol. The van der Waals surface area contributed by atoms with Crippen LogP contribution in [-0.2, 0) is 19.5 Å². The van der Waals surface area contributed by atoms with E-state index >= 15 is 0 Å². The second kappa shape index (κ2) is 8.21. The van der Waals surface area contributed by atoms with Gasteiger partial charge in [0.15, 0.2) is 0 Å². The number of aryl methyl sites for hydroxylation is 1. The molecule has 1 aromatic heterocycles. The van der Waals surface area contributed by atoms with Crippen molar-refractivity contribution >= 4 is 17.7 Å². The van der Waals surface area contributed by atoms with Crippen molar-refractivity contribution < 1.29 is 9.18 Å². The van der Waals surface area contributed by atoms with Crippen molar-refractivity contribution in [2.45, 2.75) is 38.8 Å². The zero-order valence-corrected chi connectivity index (χ0v) is 15.5. The number of aromatic nitrogens is 3. The van der Waals surface area contributed by atoms with Crippen molar-refractivity contribution in [1.29, 1.82) is 0 Å². The minimum absolute atomic E-state index is 0.203. The summed E-state index contributed by atoms with van der Waals surface area (Å²) in [5.41, 5.74) is 1.38. The smallest absolute Gasteiger partial charge is 0.307 e. The third kappa shape index (κ3) is 4.03. The number of carbonyl (C=O) groups is 1. The first kappa shape index (κ1) is 18.2. The van der Waals surface area contributed by atoms with Crippen molar-refractivity contribution in [2.75, 3.05) is 10.2 Å². The predicted molar refractivity (Wildman–Crippen MR) is 106 cm³/mol. The molecule has 0 bridgehead atoms. The fourth-order valence-corrected chi connectivity index (χ4v) is 3.43. The molecule has 144 valence electrons. The summed E-state index contributed by atoms with van der Waals surface area (Å²) in [6.45, 7) is 0.977. The van der Waals surface area contributed by atoms with Gasteiger partial charge < -0.3 is 5.32 Å². The van der Waals surface area contributed by atoms with E-state index in [4.69, 9.17) is 0 Å². The topological polar surface area (TPSA) is 63.1 Å². The highest BCUT2D eigenvalue weighted by Gasteiger charge is 2.25. The normalized spacial score (nSPS) is 13.5. The molecular weight excluding hydrogens is 357 g/mol. The van der Waals surface area contributed by atoms with Crippen molar-refractivity contribution in [3.05, 3.63) is 71.8 Å². The van der Waals surface area contributed by atoms with Crippen LogP contribution in [0.25, 0.3) is 0 Å². The Balaban J connectivity index is 1.67. The van der Waals surface area contributed by atoms with E-state index in [1.165, 1.54) is 17.0 Å². The number of rotatable bonds is 4. The Labute approximate surface area is 163 Å². The van der Waals surface area contributed by atoms with Crippen LogP contribution >= 0.6 is 0 Å². The van der Waals surface area contributed by atoms with Crippen LogP contribution in [0.1, 0.15) is 30.7 Å². The van der Waals surface area contributed by atoms with Gasteiger partial charge in [0.05, 0.1) is 6.54 Å². The summed E-state index contributed by atoms with van der Waals surface area (Å²) in [5.74, 6) is 1.06. The Morgan fingerprint density at radius 3 is 2.75 bits per heavy atom. The molecule has 0 aliphatic carbocycles. The molecule has 0 spiro atoms. The molecule has 28 heavy (non-hydrogen) atoms. The van der Waals surface area contributed by atoms with Crippen LogP contribution in [-0.4, -0.2) is 20.8 Å². The van der Waals surface area contributed by atoms with Gasteiger partial charge in [-0.25, -0.2) is 9.18 Å². The fraction of sp³-hybridized carbons (Fsp3) is 0.286. The molecule has 6 nitrogen and oxygen atoms in total. The van der Waals surface area contributed by atoms with Gasteiger partial charge in [0.1, 0.15) is 11.6 Å². The van der Waals surface area contributed by atoms with Gasteiger partial charge in [0.2, 0.25) is 5.95 Å². The molecule has 1 aliphatic rings. The number of para-hydroxylation sites is 1. The molecule has 0 fully saturated rings. The molecule has 3 aromatic rings. The van der Waals surface area contributed by atoms with E-state index in [2.05, 4.69) is 15.5 Å². The molecule has 1 N–H and O–H groups in total. The minimum Gasteiger partial charge on any atom is -0.307 e. The van der Waals surface area contributed by atoms with Gasteiger partial charge in [0, 0.05) is 18.7 Å². The first-order chi connectivity index (χ1) is 13.7. The van der Waals surface area contributed by atoms with Crippen LogP contribution in [0.5, 0.6) is 0 Å². The summed E-state index contributed by atoms with van der Waals surface area (Å²) >= 11 is 0. The van der Waals surface area contributed by atoms with Gasteiger partial charge in [-0.05, 0) is 42.7 Å². The van der Waals surface area contributed by atoms with Gasteiger partial charge >= 0.3 is 6.03 Å². The SMILES string of the molecule is O=C(Nc1ccccc1)N(Cc1cccc(F)c1)c1nnc2n1CCCCC2. The molecule has 4 rings (SSSR count). The molecule has 0 saturated carbocycles. The predicted octanol–water partition coefficient (Wildman–Crippen LogP) is 4.38. The number of nitrogens with one attached hydrogen (secondary N) is 1. The summed E-state index contributed by atoms with van der Waals surface area (Å²) in [4.78, 5) is 14.6. The van der Waals surface area contributed by atoms with Crippen LogP contribution in [0.15, 0.2) is 54.6 Å². The number of amides is 2. The van der Waals surface area contributed by atoms with Crippen LogP contribution in [0, 0.1) is 5.82 Å². The number of halogens is 1. The molecule has 7 heteroatoms. The van der Waals surface area contributed by atoms with Crippen LogP contribution in [0.3, 0.4) is 0 Å². The molecule has 1 aliphatic heterocycles. The average molecular weight is 379 g/mol. The van der Waals surface area contributed by atoms with Gasteiger partial charge in [-0.1, -0.05) is 36.8 Å². The van der Waals surface area contributed by atoms with Crippen molar-refractivity contribution in [1.82, 2.24) is 14.8 Å². The fourth-order valence-electron chi connectivity index (χ4n) is 3.43. The number of benzene rings is 2. The molecular formula is C21H22FN5O. The van der Waals surface area contributed by atoms with Crippen molar-refractivity contribution in [2.24, 2.45) is 0 Å². The zero-order valence-electron chi connectivity index (χ0n) is 15.5. The Morgan fingerprint density at radius 2 is 1.93 bits per heavy atom. The average Bonchev–Trinajstić information content (AvgIpc) is 2.94. The summed E-state index contributed by atoms with van der Waals surface area (Å²) in [6, 6.07) is 15.2. The Bertz CT molecular complexity index is 956. The zero-order chi connectivity index (χ0) is 19.3. The maximum atomic E-state index is 13.7. The number of nitrogens with zero attached hydrogens (tertiary/aromatic N) is 4. The highest BCUT2D eigenvalue weighted by Crippen LogP contribution is 2.23. The Morgan fingerprint density at radius 1 is 1.07 bits per heavy atom. The first-order valence-corrected chi connectivity index (χ1v) is 9.51. The lowest BCUT2D eigenvalue weighted by atomic mass is 10.2. The minimum atomic E-state index is -0.332. The second-order valence-electron chi connectivity index (χ2n) is 6.89. The second-order valence-corrected chi connectivity index (χ2v) is 6.89. The molecule has 0 radical (unpaired) electrons. The van der Waals surface area contributed by atoms with E-state index in [0.717, 1.165) is 38.1 Å². The quantitative estimate of drug-likeness (QED) is 0.732. The molecule has 2 amide bonds. The lowest BCUT2D eigenvalue weighted by Gasteiger charge is -2.23. The largest absolute Gasteiger partial charge is 0.329 e. The van der Waals surface area contributed by atoms with E-state index in [1.54, 1.807) is 12.1 Å². The number of carbonyl (C=O) groups excluding carboxylic acids is 1. The van der Waals surface area contributed by atoms with Gasteiger partial charge in [-0.3, -0.25) is 9.47 Å². The Hall–Kier alpha value is -3.22. The van der Waals surface area contributed by atoms with E-state index in [1.807, 2.05) is 34.9 Å². The highest BCUT2D eigenvalue weighted by atomic mass is 19.1. The van der Waals surface area contributed by atoms with Crippen molar-refractivity contribution in [3.8, 4) is 0 Å². The number of fused-ring (bicyclic) bond motifs is 1. The summed E-state index contributed by atoms with van der Waals surface area (Å²) in [6.07, 6.45) is 4.06. The standard InChI is InChI=1S/C21H22FN5O/c22-17-9-7-8-16(14-17)15-27(21(28)23-18-10-3-1-4-11-18)20-25-24-19-12-5-2-6-13-26(19)20/h1,3-4,7-11,14H,2,5-6,12-13,15H2,(H,23,28). The lowest BCUT2D eigenvalue weighted by molar-refractivity contribution is 0.256. The third-order valence-electron chi connectivity index (χ3n) is 4.83. The Kier molecular flexibility index (Phi) is 5.32. The van der Waals surface area contributed by atoms with E-state index < -0.39 is 0 Å².